The highest BCUT2D eigenvalue weighted by Gasteiger charge is 2.20. The SMILES string of the molecule is Cc1ccc(C(C)(C)C)c(OCC(=O)NC2CCCCC2)c1. The van der Waals surface area contributed by atoms with Crippen LogP contribution in [0.25, 0.3) is 0 Å². The molecule has 0 unspecified atom stereocenters. The Morgan fingerprint density at radius 3 is 2.55 bits per heavy atom. The second-order valence-electron chi connectivity index (χ2n) is 7.44. The quantitative estimate of drug-likeness (QED) is 0.908. The van der Waals surface area contributed by atoms with Crippen LogP contribution in [0.5, 0.6) is 5.75 Å². The molecule has 1 amide bonds. The number of benzene rings is 1. The third-order valence-corrected chi connectivity index (χ3v) is 4.27. The van der Waals surface area contributed by atoms with Gasteiger partial charge in [0.2, 0.25) is 0 Å². The van der Waals surface area contributed by atoms with E-state index < -0.39 is 0 Å². The molecule has 2 rings (SSSR count). The lowest BCUT2D eigenvalue weighted by molar-refractivity contribution is -0.124. The fraction of sp³-hybridized carbons (Fsp3) is 0.632. The number of ether oxygens (including phenoxy) is 1. The first kappa shape index (κ1) is 16.9. The van der Waals surface area contributed by atoms with Crippen molar-refractivity contribution in [1.29, 1.82) is 0 Å². The number of aryl methyl sites for hydroxylation is 1. The molecule has 1 aromatic carbocycles. The summed E-state index contributed by atoms with van der Waals surface area (Å²) in [5.41, 5.74) is 2.29. The summed E-state index contributed by atoms with van der Waals surface area (Å²) in [6.07, 6.45) is 5.93. The first-order valence-electron chi connectivity index (χ1n) is 8.39. The maximum Gasteiger partial charge on any atom is 0.258 e. The number of nitrogens with one attached hydrogen (secondary N) is 1. The van der Waals surface area contributed by atoms with Crippen LogP contribution in [0.2, 0.25) is 0 Å². The van der Waals surface area contributed by atoms with Crippen LogP contribution in [0.15, 0.2) is 18.2 Å². The van der Waals surface area contributed by atoms with Crippen LogP contribution in [0, 0.1) is 6.92 Å². The van der Waals surface area contributed by atoms with Crippen molar-refractivity contribution < 1.29 is 9.53 Å². The molecular weight excluding hydrogens is 274 g/mol. The van der Waals surface area contributed by atoms with Crippen LogP contribution >= 0.6 is 0 Å². The topological polar surface area (TPSA) is 38.3 Å². The number of hydrogen-bond donors (Lipinski definition) is 1. The molecule has 122 valence electrons. The average molecular weight is 303 g/mol. The predicted octanol–water partition coefficient (Wildman–Crippen LogP) is 4.12. The molecule has 0 aromatic heterocycles. The van der Waals surface area contributed by atoms with Crippen LogP contribution in [-0.2, 0) is 10.2 Å². The van der Waals surface area contributed by atoms with Crippen molar-refractivity contribution in [3.63, 3.8) is 0 Å². The van der Waals surface area contributed by atoms with Gasteiger partial charge in [0.05, 0.1) is 0 Å². The Kier molecular flexibility index (Phi) is 5.49. The van der Waals surface area contributed by atoms with Crippen molar-refractivity contribution in [1.82, 2.24) is 5.32 Å². The van der Waals surface area contributed by atoms with Crippen molar-refractivity contribution in [2.45, 2.75) is 71.3 Å². The van der Waals surface area contributed by atoms with Gasteiger partial charge < -0.3 is 10.1 Å². The normalized spacial score (nSPS) is 16.4. The minimum absolute atomic E-state index is 0.00286. The van der Waals surface area contributed by atoms with Crippen LogP contribution < -0.4 is 10.1 Å². The van der Waals surface area contributed by atoms with Gasteiger partial charge in [-0.2, -0.15) is 0 Å². The van der Waals surface area contributed by atoms with E-state index in [4.69, 9.17) is 4.74 Å². The molecular formula is C19H29NO2. The van der Waals surface area contributed by atoms with Gasteiger partial charge in [-0.1, -0.05) is 52.2 Å². The van der Waals surface area contributed by atoms with Gasteiger partial charge in [-0.3, -0.25) is 4.79 Å². The lowest BCUT2D eigenvalue weighted by atomic mass is 9.86. The van der Waals surface area contributed by atoms with Gasteiger partial charge in [-0.15, -0.1) is 0 Å². The Morgan fingerprint density at radius 2 is 1.91 bits per heavy atom. The highest BCUT2D eigenvalue weighted by Crippen LogP contribution is 2.32. The first-order chi connectivity index (χ1) is 10.4. The molecule has 0 atom stereocenters. The van der Waals surface area contributed by atoms with Crippen LogP contribution in [0.4, 0.5) is 0 Å². The van der Waals surface area contributed by atoms with E-state index in [-0.39, 0.29) is 17.9 Å². The van der Waals surface area contributed by atoms with Crippen LogP contribution in [0.1, 0.15) is 64.0 Å². The van der Waals surface area contributed by atoms with Crippen LogP contribution in [0.3, 0.4) is 0 Å². The molecule has 0 aliphatic heterocycles. The summed E-state index contributed by atoms with van der Waals surface area (Å²) < 4.78 is 5.84. The van der Waals surface area contributed by atoms with Gasteiger partial charge in [-0.05, 0) is 42.4 Å². The number of hydrogen-bond acceptors (Lipinski definition) is 2. The number of rotatable bonds is 4. The zero-order valence-electron chi connectivity index (χ0n) is 14.4. The minimum atomic E-state index is -0.00624. The lowest BCUT2D eigenvalue weighted by Crippen LogP contribution is -2.39. The van der Waals surface area contributed by atoms with E-state index in [9.17, 15) is 4.79 Å². The Labute approximate surface area is 134 Å². The molecule has 1 fully saturated rings. The zero-order chi connectivity index (χ0) is 16.2. The molecule has 1 N–H and O–H groups in total. The summed E-state index contributed by atoms with van der Waals surface area (Å²) in [6.45, 7) is 8.62. The molecule has 1 saturated carbocycles. The van der Waals surface area contributed by atoms with Crippen molar-refractivity contribution in [2.24, 2.45) is 0 Å². The smallest absolute Gasteiger partial charge is 0.258 e. The highest BCUT2D eigenvalue weighted by atomic mass is 16.5. The van der Waals surface area contributed by atoms with E-state index >= 15 is 0 Å². The number of amides is 1. The Balaban J connectivity index is 1.95. The first-order valence-corrected chi connectivity index (χ1v) is 8.39. The Morgan fingerprint density at radius 1 is 1.23 bits per heavy atom. The van der Waals surface area contributed by atoms with E-state index in [1.165, 1.54) is 19.3 Å². The van der Waals surface area contributed by atoms with E-state index in [2.05, 4.69) is 38.2 Å². The monoisotopic (exact) mass is 303 g/mol. The van der Waals surface area contributed by atoms with Gasteiger partial charge >= 0.3 is 0 Å². The fourth-order valence-corrected chi connectivity index (χ4v) is 3.03. The molecule has 1 aliphatic carbocycles. The molecule has 0 radical (unpaired) electrons. The van der Waals surface area contributed by atoms with Gasteiger partial charge in [-0.25, -0.2) is 0 Å². The van der Waals surface area contributed by atoms with Crippen molar-refractivity contribution >= 4 is 5.91 Å². The molecule has 0 heterocycles. The summed E-state index contributed by atoms with van der Waals surface area (Å²) in [6, 6.07) is 6.55. The standard InChI is InChI=1S/C19H29NO2/c1-14-10-11-16(19(2,3)4)17(12-14)22-13-18(21)20-15-8-6-5-7-9-15/h10-12,15H,5-9,13H2,1-4H3,(H,20,21). The summed E-state index contributed by atoms with van der Waals surface area (Å²) in [7, 11) is 0. The van der Waals surface area contributed by atoms with Crippen molar-refractivity contribution in [3.8, 4) is 5.75 Å². The van der Waals surface area contributed by atoms with E-state index in [1.807, 2.05) is 13.0 Å². The second-order valence-corrected chi connectivity index (χ2v) is 7.44. The molecule has 3 heteroatoms. The van der Waals surface area contributed by atoms with Crippen molar-refractivity contribution in [3.05, 3.63) is 29.3 Å². The largest absolute Gasteiger partial charge is 0.483 e. The van der Waals surface area contributed by atoms with Gasteiger partial charge in [0, 0.05) is 6.04 Å². The van der Waals surface area contributed by atoms with Gasteiger partial charge in [0.15, 0.2) is 6.61 Å². The summed E-state index contributed by atoms with van der Waals surface area (Å²) in [5.74, 6) is 0.819. The molecule has 1 aromatic rings. The van der Waals surface area contributed by atoms with Crippen LogP contribution in [-0.4, -0.2) is 18.6 Å². The number of carbonyl (C=O) groups is 1. The Hall–Kier alpha value is -1.51. The second kappa shape index (κ2) is 7.17. The maximum atomic E-state index is 12.1. The average Bonchev–Trinajstić information content (AvgIpc) is 2.45. The molecule has 22 heavy (non-hydrogen) atoms. The summed E-state index contributed by atoms with van der Waals surface area (Å²) in [4.78, 5) is 12.1. The fourth-order valence-electron chi connectivity index (χ4n) is 3.03. The zero-order valence-corrected chi connectivity index (χ0v) is 14.4. The van der Waals surface area contributed by atoms with E-state index in [0.717, 1.165) is 29.7 Å². The highest BCUT2D eigenvalue weighted by molar-refractivity contribution is 5.77. The number of carbonyl (C=O) groups excluding carboxylic acids is 1. The third-order valence-electron chi connectivity index (χ3n) is 4.27. The third kappa shape index (κ3) is 4.75. The summed E-state index contributed by atoms with van der Waals surface area (Å²) >= 11 is 0. The maximum absolute atomic E-state index is 12.1. The minimum Gasteiger partial charge on any atom is -0.483 e. The van der Waals surface area contributed by atoms with E-state index in [0.29, 0.717) is 6.04 Å². The molecule has 3 nitrogen and oxygen atoms in total. The summed E-state index contributed by atoms with van der Waals surface area (Å²) in [5, 5.41) is 3.10. The van der Waals surface area contributed by atoms with Crippen molar-refractivity contribution in [2.75, 3.05) is 6.61 Å². The molecule has 0 saturated heterocycles. The molecule has 0 bridgehead atoms. The van der Waals surface area contributed by atoms with Gasteiger partial charge in [0.1, 0.15) is 5.75 Å². The molecule has 1 aliphatic rings. The van der Waals surface area contributed by atoms with Gasteiger partial charge in [0.25, 0.3) is 5.91 Å². The Bertz CT molecular complexity index is 511. The van der Waals surface area contributed by atoms with E-state index in [1.54, 1.807) is 0 Å². The predicted molar refractivity (Wildman–Crippen MR) is 90.4 cm³/mol. The lowest BCUT2D eigenvalue weighted by Gasteiger charge is -2.24. The molecule has 0 spiro atoms.